The molecule has 0 aliphatic carbocycles. The molecule has 3 rings (SSSR count). The lowest BCUT2D eigenvalue weighted by Gasteiger charge is -2.05. The summed E-state index contributed by atoms with van der Waals surface area (Å²) in [6, 6.07) is 17.8. The summed E-state index contributed by atoms with van der Waals surface area (Å²) in [5.41, 5.74) is 5.04. The van der Waals surface area contributed by atoms with Crippen LogP contribution in [0.2, 0.25) is 0 Å². The molecule has 2 aromatic carbocycles. The van der Waals surface area contributed by atoms with Gasteiger partial charge in [-0.15, -0.1) is 11.3 Å². The molecule has 29 heavy (non-hydrogen) atoms. The van der Waals surface area contributed by atoms with Crippen LogP contribution in [0.5, 0.6) is 0 Å². The van der Waals surface area contributed by atoms with Crippen LogP contribution < -0.4 is 5.32 Å². The Morgan fingerprint density at radius 3 is 2.66 bits per heavy atom. The van der Waals surface area contributed by atoms with Crippen LogP contribution in [0.25, 0.3) is 16.8 Å². The van der Waals surface area contributed by atoms with Crippen molar-refractivity contribution in [3.05, 3.63) is 76.2 Å². The fourth-order valence-corrected chi connectivity index (χ4v) is 3.73. The maximum atomic E-state index is 11.5. The van der Waals surface area contributed by atoms with E-state index in [4.69, 9.17) is 0 Å². The second kappa shape index (κ2) is 9.31. The molecular weight excluding hydrogens is 378 g/mol. The molecule has 3 aromatic rings. The maximum absolute atomic E-state index is 11.5. The molecule has 0 saturated heterocycles. The number of Topliss-reactive ketones (excluding diaryl/α,β-unsaturated/α-hetero) is 1. The number of benzene rings is 2. The third-order valence-corrected chi connectivity index (χ3v) is 5.28. The van der Waals surface area contributed by atoms with Crippen LogP contribution in [0.3, 0.4) is 0 Å². The Balaban J connectivity index is 1.77. The zero-order valence-corrected chi connectivity index (χ0v) is 17.6. The molecule has 1 aromatic heterocycles. The Morgan fingerprint density at radius 1 is 1.24 bits per heavy atom. The number of anilines is 1. The predicted octanol–water partition coefficient (Wildman–Crippen LogP) is 6.19. The molecule has 1 heterocycles. The standard InChI is InChI=1S/C24H23N3OS/c1-16(2)11-18-7-9-19(10-8-18)23-15-29-24(27-23)21(13-25)14-26-22-6-4-5-20(12-22)17(3)28/h4-10,12,14-16,26H,11H2,1-3H3/b21-14-. The van der Waals surface area contributed by atoms with E-state index in [1.165, 1.54) is 23.8 Å². The zero-order chi connectivity index (χ0) is 20.8. The maximum Gasteiger partial charge on any atom is 0.159 e. The van der Waals surface area contributed by atoms with E-state index in [1.807, 2.05) is 17.5 Å². The first-order valence-corrected chi connectivity index (χ1v) is 10.4. The number of ketones is 1. The van der Waals surface area contributed by atoms with Crippen molar-refractivity contribution in [3.8, 4) is 17.3 Å². The van der Waals surface area contributed by atoms with Gasteiger partial charge in [-0.05, 0) is 37.0 Å². The molecule has 0 bridgehead atoms. The Morgan fingerprint density at radius 2 is 2.00 bits per heavy atom. The summed E-state index contributed by atoms with van der Waals surface area (Å²) in [7, 11) is 0. The number of nitrogens with one attached hydrogen (secondary N) is 1. The molecule has 1 N–H and O–H groups in total. The first kappa shape index (κ1) is 20.5. The third kappa shape index (κ3) is 5.40. The second-order valence-electron chi connectivity index (χ2n) is 7.28. The fourth-order valence-electron chi connectivity index (χ4n) is 2.94. The van der Waals surface area contributed by atoms with Gasteiger partial charge in [-0.1, -0.05) is 50.2 Å². The van der Waals surface area contributed by atoms with E-state index >= 15 is 0 Å². The van der Waals surface area contributed by atoms with Crippen molar-refractivity contribution in [2.24, 2.45) is 5.92 Å². The number of thiazole rings is 1. The van der Waals surface area contributed by atoms with Crippen LogP contribution in [0.4, 0.5) is 5.69 Å². The quantitative estimate of drug-likeness (QED) is 0.379. The summed E-state index contributed by atoms with van der Waals surface area (Å²) < 4.78 is 0. The number of hydrogen-bond donors (Lipinski definition) is 1. The smallest absolute Gasteiger partial charge is 0.159 e. The van der Waals surface area contributed by atoms with Crippen molar-refractivity contribution in [1.82, 2.24) is 4.98 Å². The van der Waals surface area contributed by atoms with Crippen molar-refractivity contribution < 1.29 is 4.79 Å². The Hall–Kier alpha value is -3.23. The van der Waals surface area contributed by atoms with Gasteiger partial charge in [0, 0.05) is 28.4 Å². The number of rotatable bonds is 7. The summed E-state index contributed by atoms with van der Waals surface area (Å²) in [6.45, 7) is 5.95. The Bertz CT molecular complexity index is 1070. The molecule has 0 amide bonds. The molecule has 146 valence electrons. The molecule has 0 atom stereocenters. The highest BCUT2D eigenvalue weighted by Crippen LogP contribution is 2.27. The minimum atomic E-state index is 0.00196. The van der Waals surface area contributed by atoms with Gasteiger partial charge in [0.25, 0.3) is 0 Å². The van der Waals surface area contributed by atoms with E-state index in [-0.39, 0.29) is 5.78 Å². The van der Waals surface area contributed by atoms with Gasteiger partial charge < -0.3 is 5.32 Å². The number of carbonyl (C=O) groups is 1. The average molecular weight is 402 g/mol. The predicted molar refractivity (Wildman–Crippen MR) is 120 cm³/mol. The number of nitrogens with zero attached hydrogens (tertiary/aromatic N) is 2. The van der Waals surface area contributed by atoms with E-state index in [0.717, 1.165) is 23.4 Å². The molecule has 5 heteroatoms. The molecule has 0 spiro atoms. The van der Waals surface area contributed by atoms with Crippen molar-refractivity contribution in [2.75, 3.05) is 5.32 Å². The molecule has 0 radical (unpaired) electrons. The van der Waals surface area contributed by atoms with Crippen LogP contribution in [-0.2, 0) is 6.42 Å². The lowest BCUT2D eigenvalue weighted by Crippen LogP contribution is -1.95. The van der Waals surface area contributed by atoms with Gasteiger partial charge in [-0.25, -0.2) is 4.98 Å². The SMILES string of the molecule is CC(=O)c1cccc(N/C=C(/C#N)c2nc(-c3ccc(CC(C)C)cc3)cs2)c1. The van der Waals surface area contributed by atoms with Crippen LogP contribution in [-0.4, -0.2) is 10.8 Å². The van der Waals surface area contributed by atoms with E-state index < -0.39 is 0 Å². The summed E-state index contributed by atoms with van der Waals surface area (Å²) in [5.74, 6) is 0.626. The third-order valence-electron chi connectivity index (χ3n) is 4.40. The number of nitriles is 1. The highest BCUT2D eigenvalue weighted by Gasteiger charge is 2.09. The first-order valence-electron chi connectivity index (χ1n) is 9.49. The lowest BCUT2D eigenvalue weighted by atomic mass is 10.0. The molecule has 0 unspecified atom stereocenters. The second-order valence-corrected chi connectivity index (χ2v) is 8.14. The topological polar surface area (TPSA) is 65.8 Å². The van der Waals surface area contributed by atoms with Crippen molar-refractivity contribution >= 4 is 28.4 Å². The van der Waals surface area contributed by atoms with Gasteiger partial charge >= 0.3 is 0 Å². The molecule has 0 aliphatic heterocycles. The number of allylic oxidation sites excluding steroid dienone is 1. The van der Waals surface area contributed by atoms with Crippen molar-refractivity contribution in [1.29, 1.82) is 5.26 Å². The normalized spacial score (nSPS) is 11.3. The van der Waals surface area contributed by atoms with E-state index in [0.29, 0.717) is 22.1 Å². The van der Waals surface area contributed by atoms with E-state index in [1.54, 1.807) is 18.3 Å². The highest BCUT2D eigenvalue weighted by atomic mass is 32.1. The largest absolute Gasteiger partial charge is 0.360 e. The minimum Gasteiger partial charge on any atom is -0.360 e. The zero-order valence-electron chi connectivity index (χ0n) is 16.8. The number of carbonyl (C=O) groups excluding carboxylic acids is 1. The number of aromatic nitrogens is 1. The average Bonchev–Trinajstić information content (AvgIpc) is 3.19. The molecule has 4 nitrogen and oxygen atoms in total. The van der Waals surface area contributed by atoms with Crippen molar-refractivity contribution in [2.45, 2.75) is 27.2 Å². The van der Waals surface area contributed by atoms with E-state index in [9.17, 15) is 10.1 Å². The van der Waals surface area contributed by atoms with Gasteiger partial charge in [0.1, 0.15) is 16.6 Å². The minimum absolute atomic E-state index is 0.00196. The number of hydrogen-bond acceptors (Lipinski definition) is 5. The summed E-state index contributed by atoms with van der Waals surface area (Å²) in [6.07, 6.45) is 2.69. The van der Waals surface area contributed by atoms with Crippen LogP contribution >= 0.6 is 11.3 Å². The summed E-state index contributed by atoms with van der Waals surface area (Å²) >= 11 is 1.44. The molecular formula is C24H23N3OS. The molecule has 0 saturated carbocycles. The highest BCUT2D eigenvalue weighted by molar-refractivity contribution is 7.11. The van der Waals surface area contributed by atoms with Crippen molar-refractivity contribution in [3.63, 3.8) is 0 Å². The van der Waals surface area contributed by atoms with Gasteiger partial charge in [0.05, 0.1) is 5.69 Å². The summed E-state index contributed by atoms with van der Waals surface area (Å²) in [5, 5.41) is 15.3. The van der Waals surface area contributed by atoms with Gasteiger partial charge in [-0.2, -0.15) is 5.26 Å². The van der Waals surface area contributed by atoms with Crippen LogP contribution in [0, 0.1) is 17.2 Å². The van der Waals surface area contributed by atoms with E-state index in [2.05, 4.69) is 54.5 Å². The molecule has 0 aliphatic rings. The summed E-state index contributed by atoms with van der Waals surface area (Å²) in [4.78, 5) is 16.2. The van der Waals surface area contributed by atoms with Gasteiger partial charge in [0.15, 0.2) is 5.78 Å². The Kier molecular flexibility index (Phi) is 6.58. The first-order chi connectivity index (χ1) is 14.0. The van der Waals surface area contributed by atoms with Gasteiger partial charge in [-0.3, -0.25) is 4.79 Å². The molecule has 0 fully saturated rings. The fraction of sp³-hybridized carbons (Fsp3) is 0.208. The van der Waals surface area contributed by atoms with Gasteiger partial charge in [0.2, 0.25) is 0 Å². The Labute approximate surface area is 175 Å². The van der Waals surface area contributed by atoms with Crippen LogP contribution in [0.15, 0.2) is 60.1 Å². The monoisotopic (exact) mass is 401 g/mol. The van der Waals surface area contributed by atoms with Crippen LogP contribution in [0.1, 0.15) is 41.7 Å². The lowest BCUT2D eigenvalue weighted by molar-refractivity contribution is 0.101.